The second kappa shape index (κ2) is 8.23. The van der Waals surface area contributed by atoms with E-state index in [2.05, 4.69) is 42.2 Å². The first-order chi connectivity index (χ1) is 8.29. The van der Waals surface area contributed by atoms with Crippen LogP contribution in [-0.4, -0.2) is 38.3 Å². The van der Waals surface area contributed by atoms with Crippen LogP contribution in [-0.2, 0) is 4.74 Å². The Balaban J connectivity index is 2.61. The molecule has 17 heavy (non-hydrogen) atoms. The summed E-state index contributed by atoms with van der Waals surface area (Å²) < 4.78 is 5.17. The summed E-state index contributed by atoms with van der Waals surface area (Å²) in [6.07, 6.45) is 1.03. The van der Waals surface area contributed by atoms with E-state index in [0.29, 0.717) is 6.04 Å². The lowest BCUT2D eigenvalue weighted by atomic mass is 10.1. The van der Waals surface area contributed by atoms with E-state index in [1.807, 2.05) is 0 Å². The van der Waals surface area contributed by atoms with Crippen molar-refractivity contribution in [2.24, 2.45) is 5.73 Å². The van der Waals surface area contributed by atoms with Crippen molar-refractivity contribution in [2.75, 3.05) is 33.4 Å². The highest BCUT2D eigenvalue weighted by molar-refractivity contribution is 5.18. The highest BCUT2D eigenvalue weighted by atomic mass is 16.5. The first-order valence-corrected chi connectivity index (χ1v) is 6.27. The molecule has 0 aliphatic rings. The van der Waals surface area contributed by atoms with Crippen LogP contribution in [0.1, 0.15) is 24.9 Å². The van der Waals surface area contributed by atoms with Crippen molar-refractivity contribution in [3.8, 4) is 0 Å². The summed E-state index contributed by atoms with van der Waals surface area (Å²) in [7, 11) is 1.74. The molecule has 0 radical (unpaired) electrons. The normalized spacial score (nSPS) is 12.9. The molecule has 0 bridgehead atoms. The van der Waals surface area contributed by atoms with Gasteiger partial charge in [0.05, 0.1) is 6.61 Å². The Labute approximate surface area is 105 Å². The van der Waals surface area contributed by atoms with Crippen molar-refractivity contribution >= 4 is 0 Å². The van der Waals surface area contributed by atoms with Crippen molar-refractivity contribution in [2.45, 2.75) is 19.4 Å². The maximum atomic E-state index is 5.59. The molecule has 2 N–H and O–H groups in total. The summed E-state index contributed by atoms with van der Waals surface area (Å²) >= 11 is 0. The van der Waals surface area contributed by atoms with Gasteiger partial charge in [-0.05, 0) is 25.5 Å². The van der Waals surface area contributed by atoms with Gasteiger partial charge in [0.25, 0.3) is 0 Å². The summed E-state index contributed by atoms with van der Waals surface area (Å²) in [4.78, 5) is 2.42. The molecule has 0 aromatic heterocycles. The van der Waals surface area contributed by atoms with E-state index in [9.17, 15) is 0 Å². The molecule has 0 amide bonds. The van der Waals surface area contributed by atoms with Gasteiger partial charge in [-0.25, -0.2) is 0 Å². The van der Waals surface area contributed by atoms with E-state index < -0.39 is 0 Å². The molecule has 1 aromatic rings. The lowest BCUT2D eigenvalue weighted by Gasteiger charge is -2.29. The van der Waals surface area contributed by atoms with Gasteiger partial charge in [0.2, 0.25) is 0 Å². The molecule has 1 rings (SSSR count). The van der Waals surface area contributed by atoms with Crippen LogP contribution < -0.4 is 5.73 Å². The van der Waals surface area contributed by atoms with Crippen molar-refractivity contribution in [1.82, 2.24) is 4.90 Å². The van der Waals surface area contributed by atoms with E-state index in [4.69, 9.17) is 10.5 Å². The summed E-state index contributed by atoms with van der Waals surface area (Å²) in [6.45, 7) is 5.72. The van der Waals surface area contributed by atoms with Gasteiger partial charge in [-0.1, -0.05) is 30.3 Å². The first kappa shape index (κ1) is 14.2. The predicted molar refractivity (Wildman–Crippen MR) is 72.0 cm³/mol. The molecule has 0 fully saturated rings. The Morgan fingerprint density at radius 3 is 2.53 bits per heavy atom. The maximum absolute atomic E-state index is 5.59. The first-order valence-electron chi connectivity index (χ1n) is 6.27. The minimum atomic E-state index is 0.415. The molecular weight excluding hydrogens is 212 g/mol. The van der Waals surface area contributed by atoms with Gasteiger partial charge in [-0.3, -0.25) is 4.90 Å². The van der Waals surface area contributed by atoms with E-state index >= 15 is 0 Å². The lowest BCUT2D eigenvalue weighted by Crippen LogP contribution is -2.32. The topological polar surface area (TPSA) is 38.5 Å². The van der Waals surface area contributed by atoms with Crippen molar-refractivity contribution < 1.29 is 4.74 Å². The van der Waals surface area contributed by atoms with Crippen LogP contribution >= 0.6 is 0 Å². The Kier molecular flexibility index (Phi) is 6.86. The maximum Gasteiger partial charge on any atom is 0.0589 e. The number of nitrogens with zero attached hydrogens (tertiary/aromatic N) is 1. The summed E-state index contributed by atoms with van der Waals surface area (Å²) in [5.41, 5.74) is 6.93. The third kappa shape index (κ3) is 4.86. The van der Waals surface area contributed by atoms with Crippen LogP contribution in [0, 0.1) is 0 Å². The largest absolute Gasteiger partial charge is 0.383 e. The Bertz CT molecular complexity index is 282. The second-order valence-electron chi connectivity index (χ2n) is 4.26. The van der Waals surface area contributed by atoms with E-state index in [1.54, 1.807) is 7.11 Å². The van der Waals surface area contributed by atoms with Crippen molar-refractivity contribution in [3.05, 3.63) is 35.9 Å². The third-order valence-corrected chi connectivity index (χ3v) is 3.06. The van der Waals surface area contributed by atoms with Gasteiger partial charge < -0.3 is 10.5 Å². The fourth-order valence-electron chi connectivity index (χ4n) is 1.94. The molecule has 0 saturated carbocycles. The van der Waals surface area contributed by atoms with Gasteiger partial charge >= 0.3 is 0 Å². The van der Waals surface area contributed by atoms with Gasteiger partial charge in [-0.15, -0.1) is 0 Å². The predicted octanol–water partition coefficient (Wildman–Crippen LogP) is 2.04. The van der Waals surface area contributed by atoms with Crippen LogP contribution in [0.25, 0.3) is 0 Å². The molecule has 0 heterocycles. The molecule has 1 atom stereocenters. The average Bonchev–Trinajstić information content (AvgIpc) is 2.39. The molecule has 1 aromatic carbocycles. The molecule has 96 valence electrons. The monoisotopic (exact) mass is 236 g/mol. The zero-order valence-electron chi connectivity index (χ0n) is 10.9. The molecule has 1 unspecified atom stereocenters. The number of hydrogen-bond donors (Lipinski definition) is 1. The molecule has 3 nitrogen and oxygen atoms in total. The fraction of sp³-hybridized carbons (Fsp3) is 0.571. The number of methoxy groups -OCH3 is 1. The molecule has 0 saturated heterocycles. The minimum absolute atomic E-state index is 0.415. The summed E-state index contributed by atoms with van der Waals surface area (Å²) in [6, 6.07) is 11.0. The average molecular weight is 236 g/mol. The molecule has 0 spiro atoms. The van der Waals surface area contributed by atoms with E-state index in [-0.39, 0.29) is 0 Å². The highest BCUT2D eigenvalue weighted by Gasteiger charge is 2.14. The zero-order chi connectivity index (χ0) is 12.5. The fourth-order valence-corrected chi connectivity index (χ4v) is 1.94. The number of benzene rings is 1. The smallest absolute Gasteiger partial charge is 0.0589 e. The van der Waals surface area contributed by atoms with Gasteiger partial charge in [0.15, 0.2) is 0 Å². The number of hydrogen-bond acceptors (Lipinski definition) is 3. The van der Waals surface area contributed by atoms with Crippen molar-refractivity contribution in [3.63, 3.8) is 0 Å². The number of rotatable bonds is 8. The molecular formula is C14H24N2O. The van der Waals surface area contributed by atoms with Crippen LogP contribution in [0.2, 0.25) is 0 Å². The lowest BCUT2D eigenvalue weighted by molar-refractivity contribution is 0.124. The van der Waals surface area contributed by atoms with Crippen LogP contribution in [0.5, 0.6) is 0 Å². The molecule has 0 aliphatic heterocycles. The summed E-state index contributed by atoms with van der Waals surface area (Å²) in [5, 5.41) is 0. The standard InChI is InChI=1S/C14H24N2O/c1-13(14-7-4-3-5-8-14)16(10-6-9-15)11-12-17-2/h3-5,7-8,13H,6,9-12,15H2,1-2H3. The van der Waals surface area contributed by atoms with Gasteiger partial charge in [-0.2, -0.15) is 0 Å². The third-order valence-electron chi connectivity index (χ3n) is 3.06. The quantitative estimate of drug-likeness (QED) is 0.750. The van der Waals surface area contributed by atoms with Crippen LogP contribution in [0.15, 0.2) is 30.3 Å². The Morgan fingerprint density at radius 2 is 1.94 bits per heavy atom. The molecule has 3 heteroatoms. The van der Waals surface area contributed by atoms with Crippen LogP contribution in [0.3, 0.4) is 0 Å². The summed E-state index contributed by atoms with van der Waals surface area (Å²) in [5.74, 6) is 0. The van der Waals surface area contributed by atoms with Gasteiger partial charge in [0.1, 0.15) is 0 Å². The van der Waals surface area contributed by atoms with Crippen LogP contribution in [0.4, 0.5) is 0 Å². The minimum Gasteiger partial charge on any atom is -0.383 e. The van der Waals surface area contributed by atoms with Gasteiger partial charge in [0, 0.05) is 26.2 Å². The van der Waals surface area contributed by atoms with E-state index in [1.165, 1.54) is 5.56 Å². The highest BCUT2D eigenvalue weighted by Crippen LogP contribution is 2.19. The number of nitrogens with two attached hydrogens (primary N) is 1. The van der Waals surface area contributed by atoms with E-state index in [0.717, 1.165) is 32.7 Å². The zero-order valence-corrected chi connectivity index (χ0v) is 10.9. The molecule has 0 aliphatic carbocycles. The Hall–Kier alpha value is -0.900. The Morgan fingerprint density at radius 1 is 1.24 bits per heavy atom. The number of ether oxygens (including phenoxy) is 1. The van der Waals surface area contributed by atoms with Crippen molar-refractivity contribution in [1.29, 1.82) is 0 Å². The second-order valence-corrected chi connectivity index (χ2v) is 4.26. The SMILES string of the molecule is COCCN(CCCN)C(C)c1ccccc1.